The van der Waals surface area contributed by atoms with Crippen LogP contribution in [0.5, 0.6) is 0 Å². The molecule has 0 saturated carbocycles. The molecule has 3 rings (SSSR count). The van der Waals surface area contributed by atoms with E-state index in [1.807, 2.05) is 0 Å². The van der Waals surface area contributed by atoms with Gasteiger partial charge in [-0.05, 0) is 29.9 Å². The van der Waals surface area contributed by atoms with Crippen LogP contribution in [0.2, 0.25) is 0 Å². The highest BCUT2D eigenvalue weighted by molar-refractivity contribution is 5.39. The summed E-state index contributed by atoms with van der Waals surface area (Å²) in [5, 5.41) is 0. The van der Waals surface area contributed by atoms with Gasteiger partial charge in [0.2, 0.25) is 0 Å². The Hall–Kier alpha value is -1.30. The molecule has 2 aliphatic carbocycles. The van der Waals surface area contributed by atoms with Gasteiger partial charge in [-0.3, -0.25) is 0 Å². The number of aryl methyl sites for hydroxylation is 1. The lowest BCUT2D eigenvalue weighted by Gasteiger charge is -2.31. The molecule has 0 fully saturated rings. The molecule has 0 aromatic heterocycles. The molecule has 1 aromatic rings. The zero-order valence-corrected chi connectivity index (χ0v) is 8.19. The van der Waals surface area contributed by atoms with Gasteiger partial charge in [0.25, 0.3) is 0 Å². The molecular formula is C14H14. The first-order valence-corrected chi connectivity index (χ1v) is 5.38. The maximum atomic E-state index is 2.36. The van der Waals surface area contributed by atoms with E-state index in [2.05, 4.69) is 48.6 Å². The lowest BCUT2D eigenvalue weighted by atomic mass is 9.73. The summed E-state index contributed by atoms with van der Waals surface area (Å²) in [6.07, 6.45) is 11.6. The van der Waals surface area contributed by atoms with Gasteiger partial charge in [0, 0.05) is 5.92 Å². The smallest absolute Gasteiger partial charge is 0.00868 e. The molecule has 2 aliphatic rings. The fourth-order valence-electron chi connectivity index (χ4n) is 2.67. The first kappa shape index (κ1) is 8.05. The summed E-state index contributed by atoms with van der Waals surface area (Å²) in [5.74, 6) is 1.39. The van der Waals surface area contributed by atoms with Crippen molar-refractivity contribution in [3.05, 3.63) is 59.7 Å². The molecule has 0 heterocycles. The molecule has 70 valence electrons. The molecule has 0 nitrogen and oxygen atoms in total. The van der Waals surface area contributed by atoms with Crippen molar-refractivity contribution in [1.82, 2.24) is 0 Å². The predicted octanol–water partition coefficient (Wildman–Crippen LogP) is 3.46. The van der Waals surface area contributed by atoms with Crippen molar-refractivity contribution in [1.29, 1.82) is 0 Å². The predicted molar refractivity (Wildman–Crippen MR) is 59.3 cm³/mol. The van der Waals surface area contributed by atoms with Crippen molar-refractivity contribution in [3.63, 3.8) is 0 Å². The Bertz CT molecular complexity index is 398. The minimum atomic E-state index is 0.643. The SMILES string of the molecule is C1=CC2CCc3ccccc3C2C=C1. The van der Waals surface area contributed by atoms with Gasteiger partial charge in [-0.15, -0.1) is 0 Å². The fraction of sp³-hybridized carbons (Fsp3) is 0.286. The van der Waals surface area contributed by atoms with Crippen LogP contribution in [-0.4, -0.2) is 0 Å². The van der Waals surface area contributed by atoms with Crippen LogP contribution in [0.15, 0.2) is 48.6 Å². The zero-order chi connectivity index (χ0) is 9.38. The van der Waals surface area contributed by atoms with Gasteiger partial charge in [-0.1, -0.05) is 48.6 Å². The van der Waals surface area contributed by atoms with Crippen LogP contribution in [0.4, 0.5) is 0 Å². The summed E-state index contributed by atoms with van der Waals surface area (Å²) in [6, 6.07) is 8.88. The van der Waals surface area contributed by atoms with E-state index >= 15 is 0 Å². The summed E-state index contributed by atoms with van der Waals surface area (Å²) in [6.45, 7) is 0. The Balaban J connectivity index is 2.09. The monoisotopic (exact) mass is 182 g/mol. The van der Waals surface area contributed by atoms with E-state index in [0.717, 1.165) is 5.92 Å². The number of fused-ring (bicyclic) bond motifs is 3. The van der Waals surface area contributed by atoms with E-state index in [1.165, 1.54) is 12.8 Å². The minimum absolute atomic E-state index is 0.643. The summed E-state index contributed by atoms with van der Waals surface area (Å²) in [4.78, 5) is 0. The van der Waals surface area contributed by atoms with Crippen molar-refractivity contribution in [3.8, 4) is 0 Å². The molecule has 2 atom stereocenters. The highest BCUT2D eigenvalue weighted by Gasteiger charge is 2.26. The molecular weight excluding hydrogens is 168 g/mol. The molecule has 14 heavy (non-hydrogen) atoms. The maximum absolute atomic E-state index is 2.36. The molecule has 0 bridgehead atoms. The van der Waals surface area contributed by atoms with Crippen LogP contribution in [0, 0.1) is 5.92 Å². The summed E-state index contributed by atoms with van der Waals surface area (Å²) >= 11 is 0. The second-order valence-electron chi connectivity index (χ2n) is 4.20. The summed E-state index contributed by atoms with van der Waals surface area (Å²) in [5.41, 5.74) is 3.10. The van der Waals surface area contributed by atoms with Crippen molar-refractivity contribution in [2.45, 2.75) is 18.8 Å². The van der Waals surface area contributed by atoms with E-state index in [1.54, 1.807) is 11.1 Å². The third-order valence-corrected chi connectivity index (χ3v) is 3.41. The standard InChI is InChI=1S/C14H14/c1-3-7-13-11(5-1)9-10-12-6-2-4-8-14(12)13/h1-8,11,13H,9-10H2. The Morgan fingerprint density at radius 3 is 2.86 bits per heavy atom. The normalized spacial score (nSPS) is 28.3. The van der Waals surface area contributed by atoms with Crippen molar-refractivity contribution in [2.24, 2.45) is 5.92 Å². The average molecular weight is 182 g/mol. The van der Waals surface area contributed by atoms with Gasteiger partial charge >= 0.3 is 0 Å². The Labute approximate surface area is 85.0 Å². The van der Waals surface area contributed by atoms with Crippen LogP contribution in [0.3, 0.4) is 0 Å². The first-order valence-electron chi connectivity index (χ1n) is 5.38. The van der Waals surface area contributed by atoms with E-state index in [-0.39, 0.29) is 0 Å². The third kappa shape index (κ3) is 1.14. The first-order chi connectivity index (χ1) is 6.95. The number of hydrogen-bond donors (Lipinski definition) is 0. The Morgan fingerprint density at radius 1 is 1.00 bits per heavy atom. The van der Waals surface area contributed by atoms with Crippen LogP contribution < -0.4 is 0 Å². The molecule has 0 amide bonds. The van der Waals surface area contributed by atoms with Gasteiger partial charge in [-0.2, -0.15) is 0 Å². The number of allylic oxidation sites excluding steroid dienone is 4. The lowest BCUT2D eigenvalue weighted by molar-refractivity contribution is 0.499. The minimum Gasteiger partial charge on any atom is -0.0805 e. The van der Waals surface area contributed by atoms with Crippen LogP contribution in [0.25, 0.3) is 0 Å². The quantitative estimate of drug-likeness (QED) is 0.576. The Kier molecular flexibility index (Phi) is 1.80. The van der Waals surface area contributed by atoms with Crippen LogP contribution in [0.1, 0.15) is 23.5 Å². The molecule has 0 radical (unpaired) electrons. The molecule has 0 saturated heterocycles. The molecule has 0 heteroatoms. The topological polar surface area (TPSA) is 0 Å². The van der Waals surface area contributed by atoms with Gasteiger partial charge < -0.3 is 0 Å². The molecule has 0 N–H and O–H groups in total. The molecule has 1 aromatic carbocycles. The highest BCUT2D eigenvalue weighted by Crippen LogP contribution is 2.39. The zero-order valence-electron chi connectivity index (χ0n) is 8.19. The second kappa shape index (κ2) is 3.13. The lowest BCUT2D eigenvalue weighted by Crippen LogP contribution is -2.18. The van der Waals surface area contributed by atoms with E-state index in [4.69, 9.17) is 0 Å². The number of rotatable bonds is 0. The van der Waals surface area contributed by atoms with E-state index in [0.29, 0.717) is 5.92 Å². The van der Waals surface area contributed by atoms with Crippen molar-refractivity contribution >= 4 is 0 Å². The number of benzene rings is 1. The van der Waals surface area contributed by atoms with E-state index < -0.39 is 0 Å². The highest BCUT2D eigenvalue weighted by atomic mass is 14.3. The van der Waals surface area contributed by atoms with Gasteiger partial charge in [0.05, 0.1) is 0 Å². The molecule has 2 unspecified atom stereocenters. The van der Waals surface area contributed by atoms with Gasteiger partial charge in [-0.25, -0.2) is 0 Å². The van der Waals surface area contributed by atoms with Gasteiger partial charge in [0.1, 0.15) is 0 Å². The van der Waals surface area contributed by atoms with Crippen molar-refractivity contribution in [2.75, 3.05) is 0 Å². The molecule has 0 spiro atoms. The van der Waals surface area contributed by atoms with Crippen molar-refractivity contribution < 1.29 is 0 Å². The largest absolute Gasteiger partial charge is 0.0805 e. The van der Waals surface area contributed by atoms with E-state index in [9.17, 15) is 0 Å². The van der Waals surface area contributed by atoms with Crippen LogP contribution >= 0.6 is 0 Å². The molecule has 0 aliphatic heterocycles. The average Bonchev–Trinajstić information content (AvgIpc) is 2.29. The summed E-state index contributed by atoms with van der Waals surface area (Å²) in [7, 11) is 0. The second-order valence-corrected chi connectivity index (χ2v) is 4.20. The van der Waals surface area contributed by atoms with Crippen LogP contribution in [-0.2, 0) is 6.42 Å². The van der Waals surface area contributed by atoms with Gasteiger partial charge in [0.15, 0.2) is 0 Å². The summed E-state index contributed by atoms with van der Waals surface area (Å²) < 4.78 is 0. The Morgan fingerprint density at radius 2 is 1.86 bits per heavy atom. The fourth-order valence-corrected chi connectivity index (χ4v) is 2.67. The maximum Gasteiger partial charge on any atom is 0.00868 e. The number of hydrogen-bond acceptors (Lipinski definition) is 0. The third-order valence-electron chi connectivity index (χ3n) is 3.41.